The Balaban J connectivity index is 1.77. The van der Waals surface area contributed by atoms with Gasteiger partial charge in [-0.25, -0.2) is 0 Å². The number of hydrogen-bond acceptors (Lipinski definition) is 4. The van der Waals surface area contributed by atoms with Gasteiger partial charge in [0.25, 0.3) is 5.91 Å². The van der Waals surface area contributed by atoms with E-state index in [1.165, 1.54) is 6.42 Å². The Bertz CT molecular complexity index is 686. The average molecular weight is 302 g/mol. The first-order chi connectivity index (χ1) is 10.6. The van der Waals surface area contributed by atoms with Gasteiger partial charge in [0, 0.05) is 25.7 Å². The van der Waals surface area contributed by atoms with Gasteiger partial charge in [0.2, 0.25) is 0 Å². The molecule has 1 aliphatic rings. The van der Waals surface area contributed by atoms with E-state index in [4.69, 9.17) is 0 Å². The van der Waals surface area contributed by atoms with E-state index < -0.39 is 0 Å². The van der Waals surface area contributed by atoms with Crippen LogP contribution in [0.15, 0.2) is 6.20 Å². The Kier molecular flexibility index (Phi) is 3.96. The molecular weight excluding hydrogens is 280 g/mol. The van der Waals surface area contributed by atoms with E-state index in [1.807, 2.05) is 20.9 Å². The monoisotopic (exact) mass is 302 g/mol. The minimum atomic E-state index is -0.175. The maximum absolute atomic E-state index is 12.4. The van der Waals surface area contributed by atoms with Gasteiger partial charge in [-0.05, 0) is 26.7 Å². The molecule has 0 aromatic carbocycles. The second-order valence-corrected chi connectivity index (χ2v) is 5.90. The predicted octanol–water partition coefficient (Wildman–Crippen LogP) is 1.54. The van der Waals surface area contributed by atoms with Crippen molar-refractivity contribution in [3.8, 4) is 0 Å². The molecule has 1 N–H and O–H groups in total. The first kappa shape index (κ1) is 14.7. The SMILES string of the molecule is Cc1c(C(=O)NC(C)c2nnc3n2CCCCC3)cnn1C. The summed E-state index contributed by atoms with van der Waals surface area (Å²) in [6, 6.07) is -0.175. The van der Waals surface area contributed by atoms with Gasteiger partial charge in [0.15, 0.2) is 5.82 Å². The molecule has 1 atom stereocenters. The fraction of sp³-hybridized carbons (Fsp3) is 0.600. The quantitative estimate of drug-likeness (QED) is 0.933. The summed E-state index contributed by atoms with van der Waals surface area (Å²) >= 11 is 0. The molecule has 0 radical (unpaired) electrons. The molecule has 2 aromatic rings. The zero-order chi connectivity index (χ0) is 15.7. The van der Waals surface area contributed by atoms with Crippen LogP contribution in [0.25, 0.3) is 0 Å². The Labute approximate surface area is 129 Å². The number of carbonyl (C=O) groups excluding carboxylic acids is 1. The first-order valence-corrected chi connectivity index (χ1v) is 7.79. The molecule has 118 valence electrons. The molecule has 3 rings (SSSR count). The molecular formula is C15H22N6O. The molecule has 0 aliphatic carbocycles. The van der Waals surface area contributed by atoms with Crippen LogP contribution in [0.4, 0.5) is 0 Å². The van der Waals surface area contributed by atoms with Crippen LogP contribution in [0, 0.1) is 6.92 Å². The normalized spacial score (nSPS) is 16.0. The van der Waals surface area contributed by atoms with Crippen molar-refractivity contribution in [1.82, 2.24) is 29.9 Å². The third-order valence-corrected chi connectivity index (χ3v) is 4.35. The number of amides is 1. The summed E-state index contributed by atoms with van der Waals surface area (Å²) in [5.41, 5.74) is 1.45. The van der Waals surface area contributed by atoms with E-state index >= 15 is 0 Å². The van der Waals surface area contributed by atoms with Crippen LogP contribution in [-0.4, -0.2) is 30.5 Å². The van der Waals surface area contributed by atoms with Crippen LogP contribution < -0.4 is 5.32 Å². The lowest BCUT2D eigenvalue weighted by Gasteiger charge is -2.15. The topological polar surface area (TPSA) is 77.6 Å². The van der Waals surface area contributed by atoms with Crippen molar-refractivity contribution >= 4 is 5.91 Å². The molecule has 0 saturated heterocycles. The standard InChI is InChI=1S/C15H22N6O/c1-10(17-15(22)12-9-16-20(3)11(12)2)14-19-18-13-7-5-4-6-8-21(13)14/h9-10H,4-8H2,1-3H3,(H,17,22). The molecule has 7 heteroatoms. The lowest BCUT2D eigenvalue weighted by Crippen LogP contribution is -2.29. The Morgan fingerprint density at radius 1 is 1.32 bits per heavy atom. The highest BCUT2D eigenvalue weighted by atomic mass is 16.1. The van der Waals surface area contributed by atoms with Crippen LogP contribution in [0.5, 0.6) is 0 Å². The number of rotatable bonds is 3. The van der Waals surface area contributed by atoms with Gasteiger partial charge in [0.05, 0.1) is 17.8 Å². The molecule has 7 nitrogen and oxygen atoms in total. The zero-order valence-electron chi connectivity index (χ0n) is 13.3. The molecule has 1 aliphatic heterocycles. The van der Waals surface area contributed by atoms with Gasteiger partial charge in [-0.3, -0.25) is 9.48 Å². The summed E-state index contributed by atoms with van der Waals surface area (Å²) in [4.78, 5) is 12.4. The zero-order valence-corrected chi connectivity index (χ0v) is 13.3. The van der Waals surface area contributed by atoms with E-state index in [0.29, 0.717) is 5.56 Å². The summed E-state index contributed by atoms with van der Waals surface area (Å²) in [6.07, 6.45) is 6.09. The Morgan fingerprint density at radius 3 is 2.86 bits per heavy atom. The molecule has 2 aromatic heterocycles. The highest BCUT2D eigenvalue weighted by Gasteiger charge is 2.22. The van der Waals surface area contributed by atoms with E-state index in [1.54, 1.807) is 10.9 Å². The van der Waals surface area contributed by atoms with E-state index in [2.05, 4.69) is 25.2 Å². The van der Waals surface area contributed by atoms with Crippen LogP contribution >= 0.6 is 0 Å². The number of hydrogen-bond donors (Lipinski definition) is 1. The fourth-order valence-electron chi connectivity index (χ4n) is 2.89. The maximum atomic E-state index is 12.4. The number of aromatic nitrogens is 5. The number of fused-ring (bicyclic) bond motifs is 1. The summed E-state index contributed by atoms with van der Waals surface area (Å²) in [6.45, 7) is 4.77. The Morgan fingerprint density at radius 2 is 2.14 bits per heavy atom. The number of nitrogens with one attached hydrogen (secondary N) is 1. The summed E-state index contributed by atoms with van der Waals surface area (Å²) < 4.78 is 3.86. The van der Waals surface area contributed by atoms with E-state index in [9.17, 15) is 4.79 Å². The lowest BCUT2D eigenvalue weighted by atomic mass is 10.2. The minimum Gasteiger partial charge on any atom is -0.342 e. The van der Waals surface area contributed by atoms with E-state index in [-0.39, 0.29) is 11.9 Å². The van der Waals surface area contributed by atoms with Crippen molar-refractivity contribution in [2.45, 2.75) is 52.1 Å². The average Bonchev–Trinajstić information content (AvgIpc) is 2.95. The highest BCUT2D eigenvalue weighted by Crippen LogP contribution is 2.19. The van der Waals surface area contributed by atoms with Crippen LogP contribution in [-0.2, 0) is 20.0 Å². The highest BCUT2D eigenvalue weighted by molar-refractivity contribution is 5.95. The smallest absolute Gasteiger partial charge is 0.255 e. The van der Waals surface area contributed by atoms with Crippen molar-refractivity contribution in [3.63, 3.8) is 0 Å². The van der Waals surface area contributed by atoms with Crippen molar-refractivity contribution in [3.05, 3.63) is 29.1 Å². The molecule has 22 heavy (non-hydrogen) atoms. The molecule has 0 saturated carbocycles. The van der Waals surface area contributed by atoms with Gasteiger partial charge in [-0.1, -0.05) is 6.42 Å². The van der Waals surface area contributed by atoms with Gasteiger partial charge in [-0.15, -0.1) is 10.2 Å². The molecule has 1 amide bonds. The Hall–Kier alpha value is -2.18. The van der Waals surface area contributed by atoms with Crippen LogP contribution in [0.2, 0.25) is 0 Å². The van der Waals surface area contributed by atoms with Crippen LogP contribution in [0.3, 0.4) is 0 Å². The first-order valence-electron chi connectivity index (χ1n) is 7.79. The lowest BCUT2D eigenvalue weighted by molar-refractivity contribution is 0.0936. The van der Waals surface area contributed by atoms with Crippen molar-refractivity contribution < 1.29 is 4.79 Å². The third-order valence-electron chi connectivity index (χ3n) is 4.35. The molecule has 0 bridgehead atoms. The minimum absolute atomic E-state index is 0.121. The number of aryl methyl sites for hydroxylation is 2. The van der Waals surface area contributed by atoms with Crippen LogP contribution in [0.1, 0.15) is 59.9 Å². The molecule has 3 heterocycles. The number of carbonyl (C=O) groups is 1. The van der Waals surface area contributed by atoms with Gasteiger partial charge >= 0.3 is 0 Å². The molecule has 1 unspecified atom stereocenters. The van der Waals surface area contributed by atoms with Gasteiger partial charge in [-0.2, -0.15) is 5.10 Å². The van der Waals surface area contributed by atoms with Crippen molar-refractivity contribution in [2.75, 3.05) is 0 Å². The van der Waals surface area contributed by atoms with Crippen molar-refractivity contribution in [2.24, 2.45) is 7.05 Å². The molecule has 0 fully saturated rings. The largest absolute Gasteiger partial charge is 0.342 e. The van der Waals surface area contributed by atoms with Crippen molar-refractivity contribution in [1.29, 1.82) is 0 Å². The van der Waals surface area contributed by atoms with Gasteiger partial charge in [0.1, 0.15) is 5.82 Å². The second kappa shape index (κ2) is 5.90. The summed E-state index contributed by atoms with van der Waals surface area (Å²) in [7, 11) is 1.83. The van der Waals surface area contributed by atoms with E-state index in [0.717, 1.165) is 43.1 Å². The van der Waals surface area contributed by atoms with Gasteiger partial charge < -0.3 is 9.88 Å². The predicted molar refractivity (Wildman–Crippen MR) is 81.4 cm³/mol. The molecule has 0 spiro atoms. The fourth-order valence-corrected chi connectivity index (χ4v) is 2.89. The second-order valence-electron chi connectivity index (χ2n) is 5.90. The number of nitrogens with zero attached hydrogens (tertiary/aromatic N) is 5. The summed E-state index contributed by atoms with van der Waals surface area (Å²) in [5.74, 6) is 1.75. The maximum Gasteiger partial charge on any atom is 0.255 e. The summed E-state index contributed by atoms with van der Waals surface area (Å²) in [5, 5.41) is 15.7. The third kappa shape index (κ3) is 2.63.